The average molecular weight is 463 g/mol. The highest BCUT2D eigenvalue weighted by molar-refractivity contribution is 7.99. The number of benzene rings is 2. The molecule has 4 rings (SSSR count). The van der Waals surface area contributed by atoms with Gasteiger partial charge in [-0.2, -0.15) is 0 Å². The zero-order valence-electron chi connectivity index (χ0n) is 35.1. The van der Waals surface area contributed by atoms with Gasteiger partial charge in [0.1, 0.15) is 0 Å². The molecule has 2 aliphatic heterocycles. The summed E-state index contributed by atoms with van der Waals surface area (Å²) in [6.45, 7) is -18.7. The predicted molar refractivity (Wildman–Crippen MR) is 124 cm³/mol. The molecule has 30 heavy (non-hydrogen) atoms. The number of hydrogen-bond donors (Lipinski definition) is 0. The highest BCUT2D eigenvalue weighted by atomic mass is 32.2. The number of likely N-dealkylation sites (N-methyl/N-ethyl adjacent to an activating group) is 1. The number of piperazine rings is 1. The van der Waals surface area contributed by atoms with Crippen LogP contribution >= 0.6 is 11.8 Å². The van der Waals surface area contributed by atoms with Gasteiger partial charge in [-0.3, -0.25) is 0 Å². The first-order valence-electron chi connectivity index (χ1n) is 17.9. The van der Waals surface area contributed by atoms with Crippen LogP contribution in [-0.4, -0.2) is 76.2 Å². The van der Waals surface area contributed by atoms with E-state index in [0.717, 1.165) is 14.1 Å². The molecule has 1 saturated heterocycles. The largest absolute Gasteiger partial charge is 0.304 e. The Kier molecular flexibility index (Phi) is 2.47. The lowest BCUT2D eigenvalue weighted by Gasteiger charge is -2.32. The molecule has 0 saturated carbocycles. The summed E-state index contributed by atoms with van der Waals surface area (Å²) in [5.74, 6) is 0. The predicted octanol–water partition coefficient (Wildman–Crippen LogP) is 3.47. The third-order valence-electron chi connectivity index (χ3n) is 3.94. The molecular weight excluding hydrogens is 414 g/mol. The molecule has 0 atom stereocenters. The van der Waals surface area contributed by atoms with Crippen LogP contribution in [0.25, 0.3) is 5.57 Å². The van der Waals surface area contributed by atoms with Crippen molar-refractivity contribution in [3.05, 3.63) is 59.5 Å². The quantitative estimate of drug-likeness (QED) is 0.581. The highest BCUT2D eigenvalue weighted by Crippen LogP contribution is 2.46. The molecule has 0 unspecified atom stereocenters. The van der Waals surface area contributed by atoms with Gasteiger partial charge in [0.15, 0.2) is 0 Å². The number of nitrogens with zero attached hydrogens (tertiary/aromatic N) is 3. The van der Waals surface area contributed by atoms with Gasteiger partial charge >= 0.3 is 0 Å². The number of sulfonamides is 1. The maximum absolute atomic E-state index is 13.3. The van der Waals surface area contributed by atoms with Crippen LogP contribution < -0.4 is 0 Å². The van der Waals surface area contributed by atoms with E-state index in [2.05, 4.69) is 0 Å². The Morgan fingerprint density at radius 2 is 1.83 bits per heavy atom. The van der Waals surface area contributed by atoms with E-state index in [1.165, 1.54) is 0 Å². The first-order chi connectivity index (χ1) is 21.8. The van der Waals surface area contributed by atoms with E-state index in [1.807, 2.05) is 0 Å². The Morgan fingerprint density at radius 1 is 1.13 bits per heavy atom. The van der Waals surface area contributed by atoms with E-state index in [-0.39, 0.29) is 15.9 Å². The van der Waals surface area contributed by atoms with Crippen molar-refractivity contribution in [2.24, 2.45) is 0 Å². The van der Waals surface area contributed by atoms with Gasteiger partial charge in [-0.15, -0.1) is 0 Å². The number of rotatable bonds is 5. The number of fused-ring (bicyclic) bond motifs is 2. The molecule has 0 radical (unpaired) electrons. The van der Waals surface area contributed by atoms with Crippen LogP contribution in [0.5, 0.6) is 0 Å². The second-order valence-corrected chi connectivity index (χ2v) is 9.27. The Hall–Kier alpha value is -1.64. The molecule has 0 N–H and O–H groups in total. The standard InChI is InChI=1S/C23H29N3O2S2/c1-24(2)30(27,28)18-10-11-23-21(17-18)19(20-7-4-5-9-22(20)29-23)8-6-12-26-15-13-25(3)14-16-26/h4-5,7-11,17H,6,12-16H2,1-3H3/b19-8-/i4D,5D,6D2,7D,9D,10D,11D,12D2,13D2,14D2,15D2,16D2,17D. The van der Waals surface area contributed by atoms with Crippen molar-refractivity contribution >= 4 is 27.4 Å². The van der Waals surface area contributed by atoms with Gasteiger partial charge in [-0.1, -0.05) is 36.0 Å². The topological polar surface area (TPSA) is 43.9 Å². The van der Waals surface area contributed by atoms with Crippen LogP contribution in [0.3, 0.4) is 0 Å². The normalized spacial score (nSPS) is 36.0. The smallest absolute Gasteiger partial charge is 0.242 e. The summed E-state index contributed by atoms with van der Waals surface area (Å²) >= 11 is 0.454. The molecule has 2 aliphatic rings. The third kappa shape index (κ3) is 4.36. The molecule has 160 valence electrons. The minimum absolute atomic E-state index is 0.0646. The SMILES string of the molecule is [2H]c1c([2H])c([2H])c2c(c1[2H])Sc1c([2H])c([2H])c(S(=O)(=O)N(C)C)c([2H])c1/C2=C\C([2H])([2H])C([2H])([2H])N1C([2H])([2H])C([2H])([2H])N(C)C([2H])([2H])C1([2H])[2H]. The molecular formula is C23H29N3O2S2. The van der Waals surface area contributed by atoms with E-state index >= 15 is 0 Å². The lowest BCUT2D eigenvalue weighted by Crippen LogP contribution is -2.44. The fourth-order valence-electron chi connectivity index (χ4n) is 2.42. The van der Waals surface area contributed by atoms with Crippen molar-refractivity contribution in [3.63, 3.8) is 0 Å². The van der Waals surface area contributed by atoms with Gasteiger partial charge in [0, 0.05) is 72.8 Å². The van der Waals surface area contributed by atoms with Crippen molar-refractivity contribution in [2.75, 3.05) is 53.6 Å². The first kappa shape index (κ1) is 8.37. The highest BCUT2D eigenvalue weighted by Gasteiger charge is 2.25. The summed E-state index contributed by atoms with van der Waals surface area (Å²) in [4.78, 5) is -2.38. The minimum atomic E-state index is -4.69. The lowest BCUT2D eigenvalue weighted by molar-refractivity contribution is 0.156. The van der Waals surface area contributed by atoms with Gasteiger partial charge < -0.3 is 9.80 Å². The maximum atomic E-state index is 13.3. The molecule has 1 fully saturated rings. The molecule has 0 aliphatic carbocycles. The molecule has 2 heterocycles. The van der Waals surface area contributed by atoms with Crippen LogP contribution in [-0.2, 0) is 10.0 Å². The van der Waals surface area contributed by atoms with Crippen molar-refractivity contribution in [1.82, 2.24) is 14.1 Å². The van der Waals surface area contributed by atoms with Crippen molar-refractivity contribution < 1.29 is 34.5 Å². The van der Waals surface area contributed by atoms with Crippen LogP contribution in [0.15, 0.2) is 63.1 Å². The van der Waals surface area contributed by atoms with Crippen molar-refractivity contribution in [2.45, 2.75) is 21.1 Å². The number of hydrogen-bond acceptors (Lipinski definition) is 5. The summed E-state index contributed by atoms with van der Waals surface area (Å²) in [6, 6.07) is -6.12. The third-order valence-corrected chi connectivity index (χ3v) is 6.64. The zero-order chi connectivity index (χ0) is 38.2. The Labute approximate surface area is 211 Å². The fourth-order valence-corrected chi connectivity index (χ4v) is 4.14. The van der Waals surface area contributed by atoms with Gasteiger partial charge in [0.05, 0.1) is 14.5 Å². The van der Waals surface area contributed by atoms with Crippen LogP contribution in [0, 0.1) is 0 Å². The fraction of sp³-hybridized carbons (Fsp3) is 0.391. The maximum Gasteiger partial charge on any atom is 0.242 e. The summed E-state index contributed by atoms with van der Waals surface area (Å²) in [5, 5.41) is 0. The van der Waals surface area contributed by atoms with E-state index in [1.54, 1.807) is 0 Å². The Bertz CT molecular complexity index is 1890. The lowest BCUT2D eigenvalue weighted by atomic mass is 9.96. The molecule has 0 spiro atoms. The van der Waals surface area contributed by atoms with Gasteiger partial charge in [-0.05, 0) is 54.3 Å². The first-order valence-corrected chi connectivity index (χ1v) is 10.7. The van der Waals surface area contributed by atoms with Crippen LogP contribution in [0.2, 0.25) is 0 Å². The molecule has 0 amide bonds. The van der Waals surface area contributed by atoms with Gasteiger partial charge in [0.25, 0.3) is 0 Å². The van der Waals surface area contributed by atoms with Crippen molar-refractivity contribution in [1.29, 1.82) is 0 Å². The summed E-state index contributed by atoms with van der Waals surface area (Å²) in [5.41, 5.74) is -2.05. The minimum Gasteiger partial charge on any atom is -0.304 e. The van der Waals surface area contributed by atoms with Crippen LogP contribution in [0.1, 0.15) is 43.5 Å². The zero-order valence-corrected chi connectivity index (χ0v) is 17.7. The molecule has 2 aromatic carbocycles. The van der Waals surface area contributed by atoms with E-state index < -0.39 is 123 Å². The molecule has 0 bridgehead atoms. The second kappa shape index (κ2) is 8.85. The van der Waals surface area contributed by atoms with E-state index in [9.17, 15) is 8.42 Å². The van der Waals surface area contributed by atoms with Gasteiger partial charge in [-0.25, -0.2) is 12.7 Å². The van der Waals surface area contributed by atoms with Crippen LogP contribution in [0.4, 0.5) is 0 Å². The summed E-state index contributed by atoms with van der Waals surface area (Å²) in [7, 11) is -1.84. The molecule has 5 nitrogen and oxygen atoms in total. The van der Waals surface area contributed by atoms with E-state index in [0.29, 0.717) is 23.1 Å². The Morgan fingerprint density at radius 3 is 2.57 bits per heavy atom. The monoisotopic (exact) mass is 462 g/mol. The Balaban J connectivity index is 2.20. The molecule has 7 heteroatoms. The van der Waals surface area contributed by atoms with Crippen molar-refractivity contribution in [3.8, 4) is 0 Å². The van der Waals surface area contributed by atoms with Gasteiger partial charge in [0.2, 0.25) is 10.0 Å². The summed E-state index contributed by atoms with van der Waals surface area (Å²) < 4.78 is 189. The van der Waals surface area contributed by atoms with E-state index in [4.69, 9.17) is 26.0 Å². The molecule has 2 aromatic rings. The second-order valence-electron chi connectivity index (χ2n) is 6.16. The summed E-state index contributed by atoms with van der Waals surface area (Å²) in [6.07, 6.45) is -3.50. The molecule has 0 aromatic heterocycles. The average Bonchev–Trinajstić information content (AvgIpc) is 2.95.